The van der Waals surface area contributed by atoms with Crippen molar-refractivity contribution in [1.82, 2.24) is 4.57 Å². The number of carbonyl (C=O) groups is 1. The molecule has 0 aliphatic heterocycles. The number of hydrogen-bond acceptors (Lipinski definition) is 3. The highest BCUT2D eigenvalue weighted by molar-refractivity contribution is 5.85. The van der Waals surface area contributed by atoms with Gasteiger partial charge >= 0.3 is 5.97 Å². The molecule has 1 heterocycles. The zero-order valence-electron chi connectivity index (χ0n) is 11.3. The van der Waals surface area contributed by atoms with Gasteiger partial charge in [-0.2, -0.15) is 0 Å². The normalized spacial score (nSPS) is 10.2. The molecule has 5 heteroatoms. The van der Waals surface area contributed by atoms with Gasteiger partial charge in [0.25, 0.3) is 0 Å². The van der Waals surface area contributed by atoms with E-state index in [4.69, 9.17) is 14.6 Å². The Morgan fingerprint density at radius 1 is 1.15 bits per heavy atom. The fourth-order valence-electron chi connectivity index (χ4n) is 1.90. The average Bonchev–Trinajstić information content (AvgIpc) is 2.90. The van der Waals surface area contributed by atoms with Crippen molar-refractivity contribution in [3.63, 3.8) is 0 Å². The maximum atomic E-state index is 11.0. The molecule has 0 bridgehead atoms. The molecule has 106 valence electrons. The lowest BCUT2D eigenvalue weighted by atomic mass is 10.3. The number of carboxylic acid groups (broad SMARTS) is 1. The SMILES string of the molecule is CCOc1ccccc1OCCn1cccc1C(=O)O. The van der Waals surface area contributed by atoms with Crippen LogP contribution in [0.2, 0.25) is 0 Å². The van der Waals surface area contributed by atoms with Gasteiger partial charge in [-0.25, -0.2) is 4.79 Å². The number of aromatic carboxylic acids is 1. The van der Waals surface area contributed by atoms with E-state index in [9.17, 15) is 4.79 Å². The van der Waals surface area contributed by atoms with Gasteiger partial charge in [0.1, 0.15) is 12.3 Å². The average molecular weight is 275 g/mol. The van der Waals surface area contributed by atoms with Gasteiger partial charge in [-0.1, -0.05) is 12.1 Å². The van der Waals surface area contributed by atoms with E-state index < -0.39 is 5.97 Å². The smallest absolute Gasteiger partial charge is 0.352 e. The summed E-state index contributed by atoms with van der Waals surface area (Å²) >= 11 is 0. The first-order chi connectivity index (χ1) is 9.72. The van der Waals surface area contributed by atoms with Gasteiger partial charge < -0.3 is 19.1 Å². The molecule has 0 fully saturated rings. The summed E-state index contributed by atoms with van der Waals surface area (Å²) in [6, 6.07) is 10.7. The van der Waals surface area contributed by atoms with Crippen LogP contribution in [0.3, 0.4) is 0 Å². The Bertz CT molecular complexity index is 577. The summed E-state index contributed by atoms with van der Waals surface area (Å²) in [6.07, 6.45) is 1.72. The third kappa shape index (κ3) is 3.32. The fraction of sp³-hybridized carbons (Fsp3) is 0.267. The van der Waals surface area contributed by atoms with E-state index in [0.29, 0.717) is 31.3 Å². The minimum atomic E-state index is -0.940. The lowest BCUT2D eigenvalue weighted by Crippen LogP contribution is -2.13. The van der Waals surface area contributed by atoms with Crippen LogP contribution in [0.5, 0.6) is 11.5 Å². The molecule has 0 spiro atoms. The Hall–Kier alpha value is -2.43. The first-order valence-electron chi connectivity index (χ1n) is 6.45. The fourth-order valence-corrected chi connectivity index (χ4v) is 1.90. The van der Waals surface area contributed by atoms with Gasteiger partial charge in [-0.3, -0.25) is 0 Å². The minimum Gasteiger partial charge on any atom is -0.490 e. The van der Waals surface area contributed by atoms with Crippen LogP contribution >= 0.6 is 0 Å². The molecule has 0 saturated heterocycles. The third-order valence-corrected chi connectivity index (χ3v) is 2.79. The summed E-state index contributed by atoms with van der Waals surface area (Å²) in [6.45, 7) is 3.32. The number of carboxylic acids is 1. The lowest BCUT2D eigenvalue weighted by molar-refractivity contribution is 0.0684. The van der Waals surface area contributed by atoms with Crippen LogP contribution in [-0.4, -0.2) is 28.9 Å². The molecule has 0 amide bonds. The Balaban J connectivity index is 1.96. The summed E-state index contributed by atoms with van der Waals surface area (Å²) in [5.74, 6) is 0.420. The second kappa shape index (κ2) is 6.65. The summed E-state index contributed by atoms with van der Waals surface area (Å²) in [4.78, 5) is 11.0. The summed E-state index contributed by atoms with van der Waals surface area (Å²) in [5, 5.41) is 9.00. The quantitative estimate of drug-likeness (QED) is 0.844. The van der Waals surface area contributed by atoms with Gasteiger partial charge in [-0.15, -0.1) is 0 Å². The maximum absolute atomic E-state index is 11.0. The van der Waals surface area contributed by atoms with Crippen molar-refractivity contribution in [2.45, 2.75) is 13.5 Å². The van der Waals surface area contributed by atoms with Crippen molar-refractivity contribution in [3.05, 3.63) is 48.3 Å². The molecule has 5 nitrogen and oxygen atoms in total. The van der Waals surface area contributed by atoms with Gasteiger partial charge in [0.15, 0.2) is 11.5 Å². The monoisotopic (exact) mass is 275 g/mol. The topological polar surface area (TPSA) is 60.7 Å². The largest absolute Gasteiger partial charge is 0.490 e. The summed E-state index contributed by atoms with van der Waals surface area (Å²) in [5.41, 5.74) is 0.256. The second-order valence-corrected chi connectivity index (χ2v) is 4.12. The van der Waals surface area contributed by atoms with E-state index in [1.165, 1.54) is 0 Å². The highest BCUT2D eigenvalue weighted by atomic mass is 16.5. The van der Waals surface area contributed by atoms with Crippen molar-refractivity contribution < 1.29 is 19.4 Å². The third-order valence-electron chi connectivity index (χ3n) is 2.79. The number of para-hydroxylation sites is 2. The van der Waals surface area contributed by atoms with Crippen molar-refractivity contribution in [1.29, 1.82) is 0 Å². The van der Waals surface area contributed by atoms with Crippen LogP contribution in [-0.2, 0) is 6.54 Å². The number of benzene rings is 1. The molecule has 1 aromatic carbocycles. The molecule has 0 aliphatic rings. The molecule has 20 heavy (non-hydrogen) atoms. The first-order valence-corrected chi connectivity index (χ1v) is 6.45. The molecule has 0 saturated carbocycles. The van der Waals surface area contributed by atoms with Gasteiger partial charge in [0.05, 0.1) is 13.2 Å². The molecule has 2 aromatic rings. The molecular formula is C15H17NO4. The number of rotatable bonds is 7. The molecule has 1 aromatic heterocycles. The van der Waals surface area contributed by atoms with Crippen LogP contribution in [0.15, 0.2) is 42.6 Å². The Kier molecular flexibility index (Phi) is 4.65. The van der Waals surface area contributed by atoms with Crippen LogP contribution < -0.4 is 9.47 Å². The molecule has 0 aliphatic carbocycles. The molecular weight excluding hydrogens is 258 g/mol. The summed E-state index contributed by atoms with van der Waals surface area (Å²) in [7, 11) is 0. The lowest BCUT2D eigenvalue weighted by Gasteiger charge is -2.12. The van der Waals surface area contributed by atoms with E-state index in [2.05, 4.69) is 0 Å². The molecule has 0 radical (unpaired) electrons. The Morgan fingerprint density at radius 2 is 1.85 bits per heavy atom. The van der Waals surface area contributed by atoms with Crippen LogP contribution in [0, 0.1) is 0 Å². The second-order valence-electron chi connectivity index (χ2n) is 4.12. The number of aromatic nitrogens is 1. The zero-order chi connectivity index (χ0) is 14.4. The van der Waals surface area contributed by atoms with E-state index in [1.54, 1.807) is 22.9 Å². The number of nitrogens with zero attached hydrogens (tertiary/aromatic N) is 1. The standard InChI is InChI=1S/C15H17NO4/c1-2-19-13-7-3-4-8-14(13)20-11-10-16-9-5-6-12(16)15(17)18/h3-9H,2,10-11H2,1H3,(H,17,18). The van der Waals surface area contributed by atoms with Crippen LogP contribution in [0.25, 0.3) is 0 Å². The van der Waals surface area contributed by atoms with Crippen LogP contribution in [0.4, 0.5) is 0 Å². The van der Waals surface area contributed by atoms with E-state index >= 15 is 0 Å². The van der Waals surface area contributed by atoms with Crippen molar-refractivity contribution in [2.75, 3.05) is 13.2 Å². The van der Waals surface area contributed by atoms with E-state index in [-0.39, 0.29) is 5.69 Å². The number of hydrogen-bond donors (Lipinski definition) is 1. The molecule has 0 unspecified atom stereocenters. The van der Waals surface area contributed by atoms with Gasteiger partial charge in [0, 0.05) is 6.20 Å². The van der Waals surface area contributed by atoms with E-state index in [1.807, 2.05) is 31.2 Å². The minimum absolute atomic E-state index is 0.256. The molecule has 0 atom stereocenters. The van der Waals surface area contributed by atoms with Crippen LogP contribution in [0.1, 0.15) is 17.4 Å². The van der Waals surface area contributed by atoms with Gasteiger partial charge in [-0.05, 0) is 31.2 Å². The predicted octanol–water partition coefficient (Wildman–Crippen LogP) is 2.66. The van der Waals surface area contributed by atoms with Crippen molar-refractivity contribution in [3.8, 4) is 11.5 Å². The molecule has 1 N–H and O–H groups in total. The maximum Gasteiger partial charge on any atom is 0.352 e. The Labute approximate surface area is 117 Å². The van der Waals surface area contributed by atoms with Gasteiger partial charge in [0.2, 0.25) is 0 Å². The number of ether oxygens (including phenoxy) is 2. The highest BCUT2D eigenvalue weighted by Gasteiger charge is 2.09. The zero-order valence-corrected chi connectivity index (χ0v) is 11.3. The molecule has 2 rings (SSSR count). The Morgan fingerprint density at radius 3 is 2.50 bits per heavy atom. The first kappa shape index (κ1) is 14.0. The predicted molar refractivity (Wildman–Crippen MR) is 74.5 cm³/mol. The van der Waals surface area contributed by atoms with Crippen molar-refractivity contribution in [2.24, 2.45) is 0 Å². The summed E-state index contributed by atoms with van der Waals surface area (Å²) < 4.78 is 12.8. The van der Waals surface area contributed by atoms with Crippen molar-refractivity contribution >= 4 is 5.97 Å². The van der Waals surface area contributed by atoms with E-state index in [0.717, 1.165) is 0 Å². The highest BCUT2D eigenvalue weighted by Crippen LogP contribution is 2.26.